The lowest BCUT2D eigenvalue weighted by atomic mass is 9.71. The lowest BCUT2D eigenvalue weighted by Crippen LogP contribution is -2.27. The van der Waals surface area contributed by atoms with Crippen molar-refractivity contribution in [1.29, 1.82) is 0 Å². The van der Waals surface area contributed by atoms with Crippen molar-refractivity contribution >= 4 is 0 Å². The molecule has 0 radical (unpaired) electrons. The first-order chi connectivity index (χ1) is 9.62. The van der Waals surface area contributed by atoms with Crippen LogP contribution in [0.1, 0.15) is 71.3 Å². The van der Waals surface area contributed by atoms with Crippen LogP contribution < -0.4 is 0 Å². The molecular weight excluding hydrogens is 240 g/mol. The second kappa shape index (κ2) is 9.00. The number of rotatable bonds is 10. The fourth-order valence-electron chi connectivity index (χ4n) is 3.00. The smallest absolute Gasteiger partial charge is 0.00409 e. The molecule has 0 nitrogen and oxygen atoms in total. The summed E-state index contributed by atoms with van der Waals surface area (Å²) in [6.45, 7) is 11.1. The fourth-order valence-corrected chi connectivity index (χ4v) is 3.00. The summed E-state index contributed by atoms with van der Waals surface area (Å²) >= 11 is 0. The highest BCUT2D eigenvalue weighted by molar-refractivity contribution is 5.25. The molecule has 1 atom stereocenters. The van der Waals surface area contributed by atoms with E-state index in [2.05, 4.69) is 63.8 Å². The SMILES string of the molecule is C=CC(CCCCCCCC)C(C)(C)c1ccccc1. The molecule has 1 aromatic rings. The Morgan fingerprint density at radius 2 is 1.60 bits per heavy atom. The summed E-state index contributed by atoms with van der Waals surface area (Å²) in [4.78, 5) is 0. The molecule has 0 saturated heterocycles. The van der Waals surface area contributed by atoms with E-state index in [0.29, 0.717) is 5.92 Å². The van der Waals surface area contributed by atoms with Crippen molar-refractivity contribution in [2.45, 2.75) is 71.1 Å². The Labute approximate surface area is 126 Å². The molecule has 1 unspecified atom stereocenters. The first-order valence-corrected chi connectivity index (χ1v) is 8.31. The first-order valence-electron chi connectivity index (χ1n) is 8.31. The van der Waals surface area contributed by atoms with Crippen molar-refractivity contribution in [3.05, 3.63) is 48.6 Å². The van der Waals surface area contributed by atoms with Gasteiger partial charge in [0.25, 0.3) is 0 Å². The van der Waals surface area contributed by atoms with Crippen molar-refractivity contribution in [3.8, 4) is 0 Å². The van der Waals surface area contributed by atoms with Crippen LogP contribution in [-0.4, -0.2) is 0 Å². The quantitative estimate of drug-likeness (QED) is 0.336. The lowest BCUT2D eigenvalue weighted by Gasteiger charge is -2.33. The van der Waals surface area contributed by atoms with Gasteiger partial charge in [-0.3, -0.25) is 0 Å². The molecule has 20 heavy (non-hydrogen) atoms. The van der Waals surface area contributed by atoms with Gasteiger partial charge in [0.1, 0.15) is 0 Å². The van der Waals surface area contributed by atoms with Gasteiger partial charge in [0.15, 0.2) is 0 Å². The van der Waals surface area contributed by atoms with Crippen LogP contribution in [0.15, 0.2) is 43.0 Å². The maximum Gasteiger partial charge on any atom is -0.00409 e. The molecule has 0 bridgehead atoms. The summed E-state index contributed by atoms with van der Waals surface area (Å²) in [6.07, 6.45) is 11.6. The Balaban J connectivity index is 2.47. The Bertz CT molecular complexity index is 361. The molecule has 0 aromatic heterocycles. The molecule has 0 fully saturated rings. The average molecular weight is 272 g/mol. The van der Waals surface area contributed by atoms with Gasteiger partial charge in [-0.2, -0.15) is 0 Å². The lowest BCUT2D eigenvalue weighted by molar-refractivity contribution is 0.349. The largest absolute Gasteiger partial charge is 0.103 e. The second-order valence-corrected chi connectivity index (χ2v) is 6.49. The van der Waals surface area contributed by atoms with E-state index in [0.717, 1.165) is 0 Å². The molecule has 112 valence electrons. The average Bonchev–Trinajstić information content (AvgIpc) is 2.47. The van der Waals surface area contributed by atoms with Gasteiger partial charge in [0.2, 0.25) is 0 Å². The van der Waals surface area contributed by atoms with Gasteiger partial charge in [0, 0.05) is 0 Å². The fraction of sp³-hybridized carbons (Fsp3) is 0.600. The van der Waals surface area contributed by atoms with Crippen molar-refractivity contribution < 1.29 is 0 Å². The normalized spacial score (nSPS) is 13.2. The minimum absolute atomic E-state index is 0.187. The zero-order chi connectivity index (χ0) is 14.8. The zero-order valence-corrected chi connectivity index (χ0v) is 13.7. The van der Waals surface area contributed by atoms with E-state index >= 15 is 0 Å². The molecule has 1 aromatic carbocycles. The summed E-state index contributed by atoms with van der Waals surface area (Å²) in [6, 6.07) is 10.9. The molecule has 0 aliphatic carbocycles. The van der Waals surface area contributed by atoms with Crippen LogP contribution in [0.25, 0.3) is 0 Å². The molecule has 0 aliphatic rings. The Hall–Kier alpha value is -1.04. The van der Waals surface area contributed by atoms with E-state index in [-0.39, 0.29) is 5.41 Å². The van der Waals surface area contributed by atoms with E-state index in [1.807, 2.05) is 0 Å². The molecule has 0 N–H and O–H groups in total. The van der Waals surface area contributed by atoms with Crippen LogP contribution in [0.2, 0.25) is 0 Å². The molecule has 0 aliphatic heterocycles. The van der Waals surface area contributed by atoms with Gasteiger partial charge in [-0.1, -0.05) is 95.7 Å². The number of hydrogen-bond donors (Lipinski definition) is 0. The van der Waals surface area contributed by atoms with Gasteiger partial charge in [-0.25, -0.2) is 0 Å². The molecular formula is C20H32. The standard InChI is InChI=1S/C20H32/c1-5-7-8-9-10-12-15-18(6-2)20(3,4)19-16-13-11-14-17-19/h6,11,13-14,16-18H,2,5,7-10,12,15H2,1,3-4H3. The van der Waals surface area contributed by atoms with E-state index in [4.69, 9.17) is 0 Å². The number of benzene rings is 1. The van der Waals surface area contributed by atoms with Crippen LogP contribution in [0.4, 0.5) is 0 Å². The Kier molecular flexibility index (Phi) is 7.65. The number of unbranched alkanes of at least 4 members (excludes halogenated alkanes) is 5. The predicted octanol–water partition coefficient (Wildman–Crippen LogP) is 6.52. The Morgan fingerprint density at radius 3 is 2.20 bits per heavy atom. The minimum Gasteiger partial charge on any atom is -0.103 e. The third-order valence-electron chi connectivity index (χ3n) is 4.60. The third-order valence-corrected chi connectivity index (χ3v) is 4.60. The van der Waals surface area contributed by atoms with Crippen LogP contribution in [0.5, 0.6) is 0 Å². The van der Waals surface area contributed by atoms with E-state index in [9.17, 15) is 0 Å². The highest BCUT2D eigenvalue weighted by Crippen LogP contribution is 2.35. The summed E-state index contributed by atoms with van der Waals surface area (Å²) in [7, 11) is 0. The summed E-state index contributed by atoms with van der Waals surface area (Å²) in [5.41, 5.74) is 1.61. The predicted molar refractivity (Wildman–Crippen MR) is 91.1 cm³/mol. The first kappa shape index (κ1) is 17.0. The van der Waals surface area contributed by atoms with Crippen LogP contribution >= 0.6 is 0 Å². The maximum absolute atomic E-state index is 4.08. The van der Waals surface area contributed by atoms with Crippen LogP contribution in [0.3, 0.4) is 0 Å². The van der Waals surface area contributed by atoms with Gasteiger partial charge < -0.3 is 0 Å². The van der Waals surface area contributed by atoms with Crippen molar-refractivity contribution in [3.63, 3.8) is 0 Å². The summed E-state index contributed by atoms with van der Waals surface area (Å²) in [5, 5.41) is 0. The van der Waals surface area contributed by atoms with Gasteiger partial charge >= 0.3 is 0 Å². The van der Waals surface area contributed by atoms with Crippen LogP contribution in [-0.2, 0) is 5.41 Å². The summed E-state index contributed by atoms with van der Waals surface area (Å²) in [5.74, 6) is 0.566. The number of hydrogen-bond acceptors (Lipinski definition) is 0. The van der Waals surface area contributed by atoms with Gasteiger partial charge in [-0.15, -0.1) is 6.58 Å². The van der Waals surface area contributed by atoms with Crippen molar-refractivity contribution in [1.82, 2.24) is 0 Å². The molecule has 0 amide bonds. The minimum atomic E-state index is 0.187. The Morgan fingerprint density at radius 1 is 1.00 bits per heavy atom. The van der Waals surface area contributed by atoms with E-state index in [1.54, 1.807) is 0 Å². The molecule has 1 rings (SSSR count). The monoisotopic (exact) mass is 272 g/mol. The van der Waals surface area contributed by atoms with Crippen molar-refractivity contribution in [2.75, 3.05) is 0 Å². The number of allylic oxidation sites excluding steroid dienone is 1. The third kappa shape index (κ3) is 5.15. The van der Waals surface area contributed by atoms with Gasteiger partial charge in [0.05, 0.1) is 0 Å². The zero-order valence-electron chi connectivity index (χ0n) is 13.7. The molecule has 0 heterocycles. The van der Waals surface area contributed by atoms with E-state index < -0.39 is 0 Å². The molecule has 0 heteroatoms. The highest BCUT2D eigenvalue weighted by atomic mass is 14.3. The van der Waals surface area contributed by atoms with Crippen molar-refractivity contribution in [2.24, 2.45) is 5.92 Å². The summed E-state index contributed by atoms with van der Waals surface area (Å²) < 4.78 is 0. The highest BCUT2D eigenvalue weighted by Gasteiger charge is 2.28. The topological polar surface area (TPSA) is 0 Å². The second-order valence-electron chi connectivity index (χ2n) is 6.49. The van der Waals surface area contributed by atoms with E-state index in [1.165, 1.54) is 50.5 Å². The maximum atomic E-state index is 4.08. The molecule has 0 spiro atoms. The molecule has 0 saturated carbocycles. The van der Waals surface area contributed by atoms with Crippen LogP contribution in [0, 0.1) is 5.92 Å². The van der Waals surface area contributed by atoms with Gasteiger partial charge in [-0.05, 0) is 23.3 Å².